The molecule has 7 heteroatoms. The average Bonchev–Trinajstić information content (AvgIpc) is 3.03. The second-order valence-electron chi connectivity index (χ2n) is 6.54. The van der Waals surface area contributed by atoms with Crippen LogP contribution in [0.5, 0.6) is 5.75 Å². The molecule has 1 saturated heterocycles. The van der Waals surface area contributed by atoms with Gasteiger partial charge in [0.25, 0.3) is 0 Å². The first-order chi connectivity index (χ1) is 12.1. The van der Waals surface area contributed by atoms with Crippen LogP contribution in [0.3, 0.4) is 0 Å². The lowest BCUT2D eigenvalue weighted by Gasteiger charge is -2.34. The highest BCUT2D eigenvalue weighted by molar-refractivity contribution is 5.74. The molecule has 0 aliphatic carbocycles. The molecule has 2 aliphatic heterocycles. The molecule has 3 amide bonds. The Bertz CT molecular complexity index is 589. The number of carbonyl (C=O) groups excluding carboxylic acids is 2. The summed E-state index contributed by atoms with van der Waals surface area (Å²) in [7, 11) is 0. The van der Waals surface area contributed by atoms with Crippen molar-refractivity contribution in [1.82, 2.24) is 20.4 Å². The standard InChI is InChI=1S/C18H26N4O3/c1-14(23)22-10-8-21(9-11-22)7-6-19-18(24)20-13-16-12-15-4-2-3-5-17(15)25-16/h2-5,16H,6-13H2,1H3,(H2,19,20,24). The van der Waals surface area contributed by atoms with Crippen LogP contribution >= 0.6 is 0 Å². The second kappa shape index (κ2) is 8.20. The van der Waals surface area contributed by atoms with Crippen molar-refractivity contribution in [3.05, 3.63) is 29.8 Å². The summed E-state index contributed by atoms with van der Waals surface area (Å²) in [6.45, 7) is 6.74. The fraction of sp³-hybridized carbons (Fsp3) is 0.556. The number of carbonyl (C=O) groups is 2. The number of fused-ring (bicyclic) bond motifs is 1. The monoisotopic (exact) mass is 346 g/mol. The Hall–Kier alpha value is -2.28. The predicted octanol–water partition coefficient (Wildman–Crippen LogP) is 0.453. The van der Waals surface area contributed by atoms with E-state index >= 15 is 0 Å². The van der Waals surface area contributed by atoms with Gasteiger partial charge in [-0.2, -0.15) is 0 Å². The minimum Gasteiger partial charge on any atom is -0.488 e. The molecule has 1 atom stereocenters. The molecular formula is C18H26N4O3. The van der Waals surface area contributed by atoms with Crippen LogP contribution in [0.1, 0.15) is 12.5 Å². The highest BCUT2D eigenvalue weighted by Gasteiger charge is 2.22. The van der Waals surface area contributed by atoms with Gasteiger partial charge < -0.3 is 20.3 Å². The van der Waals surface area contributed by atoms with Gasteiger partial charge in [0.15, 0.2) is 0 Å². The Labute approximate surface area is 148 Å². The van der Waals surface area contributed by atoms with Gasteiger partial charge in [0.1, 0.15) is 11.9 Å². The largest absolute Gasteiger partial charge is 0.488 e. The number of hydrogen-bond donors (Lipinski definition) is 2. The van der Waals surface area contributed by atoms with Crippen molar-refractivity contribution in [2.75, 3.05) is 45.8 Å². The maximum atomic E-state index is 11.9. The number of rotatable bonds is 5. The van der Waals surface area contributed by atoms with Gasteiger partial charge >= 0.3 is 6.03 Å². The van der Waals surface area contributed by atoms with E-state index in [0.29, 0.717) is 13.1 Å². The van der Waals surface area contributed by atoms with E-state index < -0.39 is 0 Å². The summed E-state index contributed by atoms with van der Waals surface area (Å²) >= 11 is 0. The van der Waals surface area contributed by atoms with E-state index in [-0.39, 0.29) is 18.0 Å². The molecule has 1 unspecified atom stereocenters. The summed E-state index contributed by atoms with van der Waals surface area (Å²) in [5, 5.41) is 5.75. The summed E-state index contributed by atoms with van der Waals surface area (Å²) in [4.78, 5) is 27.3. The fourth-order valence-corrected chi connectivity index (χ4v) is 3.25. The maximum Gasteiger partial charge on any atom is 0.314 e. The van der Waals surface area contributed by atoms with Gasteiger partial charge in [0.05, 0.1) is 6.54 Å². The molecule has 25 heavy (non-hydrogen) atoms. The average molecular weight is 346 g/mol. The van der Waals surface area contributed by atoms with E-state index in [2.05, 4.69) is 21.6 Å². The minimum absolute atomic E-state index is 0.00260. The van der Waals surface area contributed by atoms with Gasteiger partial charge in [0, 0.05) is 52.6 Å². The highest BCUT2D eigenvalue weighted by atomic mass is 16.5. The Morgan fingerprint density at radius 3 is 2.64 bits per heavy atom. The van der Waals surface area contributed by atoms with E-state index in [9.17, 15) is 9.59 Å². The van der Waals surface area contributed by atoms with Crippen molar-refractivity contribution in [3.8, 4) is 5.75 Å². The number of benzene rings is 1. The molecule has 2 N–H and O–H groups in total. The number of ether oxygens (including phenoxy) is 1. The van der Waals surface area contributed by atoms with Crippen molar-refractivity contribution in [3.63, 3.8) is 0 Å². The van der Waals surface area contributed by atoms with Crippen molar-refractivity contribution >= 4 is 11.9 Å². The quantitative estimate of drug-likeness (QED) is 0.812. The summed E-state index contributed by atoms with van der Waals surface area (Å²) in [5.41, 5.74) is 1.19. The Kier molecular flexibility index (Phi) is 5.75. The van der Waals surface area contributed by atoms with E-state index in [1.165, 1.54) is 5.56 Å². The number of nitrogens with zero attached hydrogens (tertiary/aromatic N) is 2. The van der Waals surface area contributed by atoms with Gasteiger partial charge in [-0.05, 0) is 11.6 Å². The van der Waals surface area contributed by atoms with E-state index in [4.69, 9.17) is 4.74 Å². The number of nitrogens with one attached hydrogen (secondary N) is 2. The van der Waals surface area contributed by atoms with Gasteiger partial charge in [-0.1, -0.05) is 18.2 Å². The molecule has 0 bridgehead atoms. The molecule has 0 radical (unpaired) electrons. The second-order valence-corrected chi connectivity index (χ2v) is 6.54. The molecular weight excluding hydrogens is 320 g/mol. The molecule has 2 heterocycles. The summed E-state index contributed by atoms with van der Waals surface area (Å²) < 4.78 is 5.80. The third-order valence-electron chi connectivity index (χ3n) is 4.74. The lowest BCUT2D eigenvalue weighted by atomic mass is 10.1. The molecule has 0 spiro atoms. The number of piperazine rings is 1. The fourth-order valence-electron chi connectivity index (χ4n) is 3.25. The molecule has 136 valence electrons. The van der Waals surface area contributed by atoms with Crippen LogP contribution in [0.4, 0.5) is 4.79 Å². The minimum atomic E-state index is -0.165. The molecule has 3 rings (SSSR count). The van der Waals surface area contributed by atoms with Crippen LogP contribution in [-0.4, -0.2) is 73.7 Å². The number of urea groups is 1. The highest BCUT2D eigenvalue weighted by Crippen LogP contribution is 2.27. The van der Waals surface area contributed by atoms with Crippen molar-refractivity contribution in [2.45, 2.75) is 19.4 Å². The summed E-state index contributed by atoms with van der Waals surface area (Å²) in [5.74, 6) is 1.05. The van der Waals surface area contributed by atoms with Crippen LogP contribution in [0.15, 0.2) is 24.3 Å². The number of hydrogen-bond acceptors (Lipinski definition) is 4. The Morgan fingerprint density at radius 2 is 1.92 bits per heavy atom. The third kappa shape index (κ3) is 4.85. The smallest absolute Gasteiger partial charge is 0.314 e. The van der Waals surface area contributed by atoms with Crippen molar-refractivity contribution in [1.29, 1.82) is 0 Å². The predicted molar refractivity (Wildman–Crippen MR) is 94.7 cm³/mol. The Morgan fingerprint density at radius 1 is 1.16 bits per heavy atom. The lowest BCUT2D eigenvalue weighted by Crippen LogP contribution is -2.50. The van der Waals surface area contributed by atoms with E-state index in [0.717, 1.165) is 44.9 Å². The van der Waals surface area contributed by atoms with Gasteiger partial charge in [0.2, 0.25) is 5.91 Å². The first-order valence-corrected chi connectivity index (χ1v) is 8.86. The molecule has 1 aromatic carbocycles. The zero-order valence-electron chi connectivity index (χ0n) is 14.7. The van der Waals surface area contributed by atoms with Crippen LogP contribution < -0.4 is 15.4 Å². The van der Waals surface area contributed by atoms with E-state index in [1.807, 2.05) is 23.1 Å². The van der Waals surface area contributed by atoms with Crippen LogP contribution in [-0.2, 0) is 11.2 Å². The molecule has 1 fully saturated rings. The summed E-state index contributed by atoms with van der Waals surface area (Å²) in [6, 6.07) is 7.81. The van der Waals surface area contributed by atoms with Crippen LogP contribution in [0, 0.1) is 0 Å². The van der Waals surface area contributed by atoms with Crippen molar-refractivity contribution in [2.24, 2.45) is 0 Å². The summed E-state index contributed by atoms with van der Waals surface area (Å²) in [6.07, 6.45) is 0.833. The molecule has 1 aromatic rings. The molecule has 0 aromatic heterocycles. The third-order valence-corrected chi connectivity index (χ3v) is 4.74. The zero-order valence-corrected chi connectivity index (χ0v) is 14.7. The van der Waals surface area contributed by atoms with Crippen LogP contribution in [0.2, 0.25) is 0 Å². The zero-order chi connectivity index (χ0) is 17.6. The first-order valence-electron chi connectivity index (χ1n) is 8.86. The number of amides is 3. The molecule has 2 aliphatic rings. The van der Waals surface area contributed by atoms with Gasteiger partial charge in [-0.3, -0.25) is 9.69 Å². The molecule has 7 nitrogen and oxygen atoms in total. The lowest BCUT2D eigenvalue weighted by molar-refractivity contribution is -0.130. The normalized spacial score (nSPS) is 19.9. The van der Waals surface area contributed by atoms with Crippen LogP contribution in [0.25, 0.3) is 0 Å². The van der Waals surface area contributed by atoms with Crippen molar-refractivity contribution < 1.29 is 14.3 Å². The Balaban J connectivity index is 1.28. The SMILES string of the molecule is CC(=O)N1CCN(CCNC(=O)NCC2Cc3ccccc3O2)CC1. The van der Waals surface area contributed by atoms with Gasteiger partial charge in [-0.25, -0.2) is 4.79 Å². The topological polar surface area (TPSA) is 73.9 Å². The maximum absolute atomic E-state index is 11.9. The number of para-hydroxylation sites is 1. The van der Waals surface area contributed by atoms with E-state index in [1.54, 1.807) is 6.92 Å². The first kappa shape index (κ1) is 17.5. The molecule has 0 saturated carbocycles. The van der Waals surface area contributed by atoms with Gasteiger partial charge in [-0.15, -0.1) is 0 Å².